The SMILES string of the molecule is CCOC1OCC23CCCC1(C(=O)OC)C2CCC1C(C)c2ccoc2CC13. The van der Waals surface area contributed by atoms with Gasteiger partial charge in [0, 0.05) is 18.4 Å². The minimum absolute atomic E-state index is 0.0156. The van der Waals surface area contributed by atoms with E-state index in [-0.39, 0.29) is 17.3 Å². The molecule has 5 nitrogen and oxygen atoms in total. The predicted molar refractivity (Wildman–Crippen MR) is 103 cm³/mol. The van der Waals surface area contributed by atoms with E-state index < -0.39 is 11.7 Å². The van der Waals surface area contributed by atoms with Crippen molar-refractivity contribution in [2.24, 2.45) is 28.6 Å². The lowest BCUT2D eigenvalue weighted by Crippen LogP contribution is -2.68. The van der Waals surface area contributed by atoms with Crippen LogP contribution >= 0.6 is 0 Å². The molecule has 2 bridgehead atoms. The fourth-order valence-electron chi connectivity index (χ4n) is 7.67. The molecule has 0 aromatic carbocycles. The zero-order chi connectivity index (χ0) is 19.5. The molecule has 2 heterocycles. The maximum absolute atomic E-state index is 13.2. The fourth-order valence-corrected chi connectivity index (χ4v) is 7.67. The van der Waals surface area contributed by atoms with E-state index in [1.165, 1.54) is 12.7 Å². The van der Waals surface area contributed by atoms with Gasteiger partial charge < -0.3 is 18.6 Å². The number of rotatable bonds is 3. The number of methoxy groups -OCH3 is 1. The molecule has 7 atom stereocenters. The Morgan fingerprint density at radius 1 is 1.32 bits per heavy atom. The molecule has 0 N–H and O–H groups in total. The molecule has 0 spiro atoms. The molecule has 1 saturated heterocycles. The lowest BCUT2D eigenvalue weighted by molar-refractivity contribution is -0.320. The highest BCUT2D eigenvalue weighted by Crippen LogP contribution is 2.68. The van der Waals surface area contributed by atoms with Gasteiger partial charge in [-0.25, -0.2) is 0 Å². The first-order chi connectivity index (χ1) is 13.6. The van der Waals surface area contributed by atoms with Crippen molar-refractivity contribution in [3.05, 3.63) is 23.7 Å². The molecule has 154 valence electrons. The standard InChI is InChI=1S/C23H32O5/c1-4-26-21-23(20(24)25-3)10-5-9-22(13-28-21)17-12-18-16(8-11-27-18)14(2)15(17)6-7-19(22)23/h8,11,14-15,17,19,21H,4-7,9-10,12-13H2,1-3H3. The van der Waals surface area contributed by atoms with E-state index in [4.69, 9.17) is 18.6 Å². The van der Waals surface area contributed by atoms with Crippen molar-refractivity contribution in [2.75, 3.05) is 20.3 Å². The summed E-state index contributed by atoms with van der Waals surface area (Å²) in [4.78, 5) is 13.2. The Morgan fingerprint density at radius 3 is 2.96 bits per heavy atom. The smallest absolute Gasteiger partial charge is 0.317 e. The molecular formula is C23H32O5. The van der Waals surface area contributed by atoms with Gasteiger partial charge in [-0.2, -0.15) is 0 Å². The largest absolute Gasteiger partial charge is 0.469 e. The topological polar surface area (TPSA) is 57.9 Å². The van der Waals surface area contributed by atoms with Crippen LogP contribution in [0.4, 0.5) is 0 Å². The van der Waals surface area contributed by atoms with E-state index in [0.29, 0.717) is 31.0 Å². The second-order valence-corrected chi connectivity index (χ2v) is 9.41. The summed E-state index contributed by atoms with van der Waals surface area (Å²) in [5.74, 6) is 2.89. The van der Waals surface area contributed by atoms with E-state index in [1.54, 1.807) is 0 Å². The zero-order valence-corrected chi connectivity index (χ0v) is 17.2. The third kappa shape index (κ3) is 2.23. The van der Waals surface area contributed by atoms with Crippen LogP contribution in [0.5, 0.6) is 0 Å². The molecule has 4 aliphatic rings. The highest BCUT2D eigenvalue weighted by molar-refractivity contribution is 5.78. The van der Waals surface area contributed by atoms with Gasteiger partial charge in [0.25, 0.3) is 0 Å². The summed E-state index contributed by atoms with van der Waals surface area (Å²) in [6.45, 7) is 5.55. The molecule has 3 fully saturated rings. The van der Waals surface area contributed by atoms with E-state index in [9.17, 15) is 4.79 Å². The third-order valence-corrected chi connectivity index (χ3v) is 8.72. The second kappa shape index (κ2) is 6.60. The van der Waals surface area contributed by atoms with Gasteiger partial charge in [-0.1, -0.05) is 13.3 Å². The number of esters is 1. The van der Waals surface area contributed by atoms with E-state index in [0.717, 1.165) is 44.3 Å². The van der Waals surface area contributed by atoms with Crippen LogP contribution in [0.25, 0.3) is 0 Å². The Kier molecular flexibility index (Phi) is 4.40. The number of furan rings is 1. The summed E-state index contributed by atoms with van der Waals surface area (Å²) >= 11 is 0. The van der Waals surface area contributed by atoms with Crippen LogP contribution in [0.15, 0.2) is 16.7 Å². The van der Waals surface area contributed by atoms with Gasteiger partial charge in [-0.05, 0) is 67.9 Å². The molecule has 3 aliphatic carbocycles. The van der Waals surface area contributed by atoms with Gasteiger partial charge in [0.15, 0.2) is 6.29 Å². The van der Waals surface area contributed by atoms with Crippen molar-refractivity contribution in [2.45, 2.75) is 64.6 Å². The molecule has 5 heteroatoms. The number of ether oxygens (including phenoxy) is 3. The maximum atomic E-state index is 13.2. The van der Waals surface area contributed by atoms with Gasteiger partial charge in [-0.15, -0.1) is 0 Å². The highest BCUT2D eigenvalue weighted by atomic mass is 16.7. The van der Waals surface area contributed by atoms with Crippen molar-refractivity contribution in [3.8, 4) is 0 Å². The minimum atomic E-state index is -0.668. The fraction of sp³-hybridized carbons (Fsp3) is 0.783. The highest BCUT2D eigenvalue weighted by Gasteiger charge is 2.70. The quantitative estimate of drug-likeness (QED) is 0.723. The van der Waals surface area contributed by atoms with Crippen LogP contribution in [0, 0.1) is 28.6 Å². The number of hydrogen-bond acceptors (Lipinski definition) is 5. The first kappa shape index (κ1) is 18.7. The third-order valence-electron chi connectivity index (χ3n) is 8.72. The first-order valence-electron chi connectivity index (χ1n) is 11.0. The van der Waals surface area contributed by atoms with Crippen molar-refractivity contribution in [3.63, 3.8) is 0 Å². The van der Waals surface area contributed by atoms with Crippen molar-refractivity contribution in [1.29, 1.82) is 0 Å². The summed E-state index contributed by atoms with van der Waals surface area (Å²) in [6, 6.07) is 2.15. The molecule has 7 unspecified atom stereocenters. The van der Waals surface area contributed by atoms with Crippen molar-refractivity contribution >= 4 is 5.97 Å². The molecule has 5 rings (SSSR count). The van der Waals surface area contributed by atoms with Crippen molar-refractivity contribution in [1.82, 2.24) is 0 Å². The van der Waals surface area contributed by atoms with E-state index in [2.05, 4.69) is 13.0 Å². The zero-order valence-electron chi connectivity index (χ0n) is 17.2. The normalized spacial score (nSPS) is 44.2. The molecule has 1 aromatic heterocycles. The number of fused-ring (bicyclic) bond motifs is 2. The Hall–Kier alpha value is -1.33. The van der Waals surface area contributed by atoms with E-state index >= 15 is 0 Å². The van der Waals surface area contributed by atoms with Gasteiger partial charge in [0.05, 0.1) is 20.0 Å². The minimum Gasteiger partial charge on any atom is -0.469 e. The van der Waals surface area contributed by atoms with Crippen LogP contribution in [-0.2, 0) is 25.4 Å². The Bertz CT molecular complexity index is 756. The number of carbonyl (C=O) groups excluding carboxylic acids is 1. The number of carbonyl (C=O) groups is 1. The molecule has 1 aliphatic heterocycles. The van der Waals surface area contributed by atoms with Gasteiger partial charge >= 0.3 is 5.97 Å². The number of hydrogen-bond donors (Lipinski definition) is 0. The molecule has 0 radical (unpaired) electrons. The average molecular weight is 389 g/mol. The molecule has 2 saturated carbocycles. The lowest BCUT2D eigenvalue weighted by Gasteiger charge is -2.66. The Morgan fingerprint density at radius 2 is 2.18 bits per heavy atom. The van der Waals surface area contributed by atoms with Crippen molar-refractivity contribution < 1.29 is 23.4 Å². The summed E-state index contributed by atoms with van der Waals surface area (Å²) in [7, 11) is 1.51. The van der Waals surface area contributed by atoms with Crippen LogP contribution in [0.2, 0.25) is 0 Å². The van der Waals surface area contributed by atoms with Crippen LogP contribution in [0.3, 0.4) is 0 Å². The van der Waals surface area contributed by atoms with Gasteiger partial charge in [-0.3, -0.25) is 4.79 Å². The van der Waals surface area contributed by atoms with E-state index in [1.807, 2.05) is 13.2 Å². The van der Waals surface area contributed by atoms with Gasteiger partial charge in [0.2, 0.25) is 0 Å². The average Bonchev–Trinajstić information content (AvgIpc) is 3.18. The van der Waals surface area contributed by atoms with Crippen LogP contribution in [-0.4, -0.2) is 32.6 Å². The van der Waals surface area contributed by atoms with Crippen LogP contribution in [0.1, 0.15) is 63.2 Å². The lowest BCUT2D eigenvalue weighted by atomic mass is 9.41. The molecule has 1 aromatic rings. The predicted octanol–water partition coefficient (Wildman–Crippen LogP) is 4.30. The summed E-state index contributed by atoms with van der Waals surface area (Å²) < 4.78 is 23.6. The first-order valence-corrected chi connectivity index (χ1v) is 11.0. The Labute approximate surface area is 167 Å². The monoisotopic (exact) mass is 388 g/mol. The summed E-state index contributed by atoms with van der Waals surface area (Å²) in [5, 5.41) is 0. The van der Waals surface area contributed by atoms with Gasteiger partial charge in [0.1, 0.15) is 11.2 Å². The Balaban J connectivity index is 1.59. The molecular weight excluding hydrogens is 356 g/mol. The summed E-state index contributed by atoms with van der Waals surface area (Å²) in [6.07, 6.45) is 7.49. The second-order valence-electron chi connectivity index (χ2n) is 9.41. The maximum Gasteiger partial charge on any atom is 0.317 e. The molecule has 0 amide bonds. The molecule has 28 heavy (non-hydrogen) atoms. The summed E-state index contributed by atoms with van der Waals surface area (Å²) in [5.41, 5.74) is 0.732. The van der Waals surface area contributed by atoms with Crippen LogP contribution < -0.4 is 0 Å².